The SMILES string of the molecule is C=CCn1c(=O)n(CC=C)c(=O)n(CC(=O)NC(C)c2ccc(Cl)cc2Cl)c1=O. The van der Waals surface area contributed by atoms with Gasteiger partial charge in [0.2, 0.25) is 5.91 Å². The van der Waals surface area contributed by atoms with E-state index >= 15 is 0 Å². The van der Waals surface area contributed by atoms with Gasteiger partial charge in [0, 0.05) is 10.0 Å². The van der Waals surface area contributed by atoms with Gasteiger partial charge in [-0.3, -0.25) is 4.79 Å². The predicted molar refractivity (Wildman–Crippen MR) is 113 cm³/mol. The number of carbonyl (C=O) groups is 1. The molecule has 1 heterocycles. The zero-order chi connectivity index (χ0) is 21.7. The molecule has 0 saturated carbocycles. The maximum atomic E-state index is 12.6. The monoisotopic (exact) mass is 438 g/mol. The summed E-state index contributed by atoms with van der Waals surface area (Å²) in [5.74, 6) is -0.600. The Balaban J connectivity index is 2.37. The first-order valence-corrected chi connectivity index (χ1v) is 9.37. The van der Waals surface area contributed by atoms with E-state index in [-0.39, 0.29) is 13.1 Å². The molecule has 1 aromatic carbocycles. The van der Waals surface area contributed by atoms with Crippen LogP contribution in [0.1, 0.15) is 18.5 Å². The summed E-state index contributed by atoms with van der Waals surface area (Å²) >= 11 is 12.0. The summed E-state index contributed by atoms with van der Waals surface area (Å²) < 4.78 is 2.34. The number of amides is 1. The molecule has 0 aliphatic carbocycles. The third-order valence-corrected chi connectivity index (χ3v) is 4.68. The van der Waals surface area contributed by atoms with Gasteiger partial charge >= 0.3 is 17.1 Å². The Kier molecular flexibility index (Phi) is 7.41. The number of benzene rings is 1. The molecule has 1 unspecified atom stereocenters. The summed E-state index contributed by atoms with van der Waals surface area (Å²) in [5.41, 5.74) is -1.96. The van der Waals surface area contributed by atoms with Gasteiger partial charge in [0.05, 0.1) is 19.1 Å². The zero-order valence-electron chi connectivity index (χ0n) is 15.7. The van der Waals surface area contributed by atoms with E-state index in [4.69, 9.17) is 23.2 Å². The van der Waals surface area contributed by atoms with Crippen LogP contribution in [0.5, 0.6) is 0 Å². The van der Waals surface area contributed by atoms with E-state index in [0.717, 1.165) is 9.13 Å². The van der Waals surface area contributed by atoms with E-state index < -0.39 is 35.6 Å². The maximum Gasteiger partial charge on any atom is 0.337 e. The van der Waals surface area contributed by atoms with Crippen LogP contribution >= 0.6 is 23.2 Å². The van der Waals surface area contributed by atoms with Crippen LogP contribution in [0.15, 0.2) is 57.9 Å². The summed E-state index contributed by atoms with van der Waals surface area (Å²) in [6, 6.07) is 4.35. The average molecular weight is 439 g/mol. The Bertz CT molecular complexity index is 1080. The fourth-order valence-electron chi connectivity index (χ4n) is 2.75. The Morgan fingerprint density at radius 1 is 1.03 bits per heavy atom. The van der Waals surface area contributed by atoms with Crippen LogP contribution in [0.25, 0.3) is 0 Å². The lowest BCUT2D eigenvalue weighted by atomic mass is 10.1. The molecule has 0 bridgehead atoms. The summed E-state index contributed by atoms with van der Waals surface area (Å²) in [5, 5.41) is 3.50. The Labute approximate surface area is 176 Å². The summed E-state index contributed by atoms with van der Waals surface area (Å²) in [4.78, 5) is 50.0. The molecule has 0 spiro atoms. The van der Waals surface area contributed by atoms with Gasteiger partial charge in [-0.05, 0) is 24.6 Å². The molecule has 1 amide bonds. The van der Waals surface area contributed by atoms with E-state index in [9.17, 15) is 19.2 Å². The molecule has 1 aromatic heterocycles. The number of nitrogens with one attached hydrogen (secondary N) is 1. The van der Waals surface area contributed by atoms with Crippen molar-refractivity contribution in [2.75, 3.05) is 0 Å². The first-order valence-electron chi connectivity index (χ1n) is 8.61. The van der Waals surface area contributed by atoms with Crippen LogP contribution in [0.2, 0.25) is 10.0 Å². The minimum Gasteiger partial charge on any atom is -0.348 e. The molecular weight excluding hydrogens is 419 g/mol. The largest absolute Gasteiger partial charge is 0.348 e. The molecule has 0 fully saturated rings. The van der Waals surface area contributed by atoms with Crippen LogP contribution in [0, 0.1) is 0 Å². The Morgan fingerprint density at radius 2 is 1.55 bits per heavy atom. The molecule has 2 aromatic rings. The number of halogens is 2. The smallest absolute Gasteiger partial charge is 0.337 e. The van der Waals surface area contributed by atoms with E-state index in [1.54, 1.807) is 25.1 Å². The lowest BCUT2D eigenvalue weighted by molar-refractivity contribution is -0.122. The second kappa shape index (κ2) is 9.58. The van der Waals surface area contributed by atoms with E-state index in [0.29, 0.717) is 20.2 Å². The molecule has 0 saturated heterocycles. The highest BCUT2D eigenvalue weighted by Gasteiger charge is 2.18. The minimum atomic E-state index is -0.896. The first-order chi connectivity index (χ1) is 13.7. The molecule has 8 nitrogen and oxygen atoms in total. The normalized spacial score (nSPS) is 11.7. The quantitative estimate of drug-likeness (QED) is 0.634. The van der Waals surface area contributed by atoms with Crippen LogP contribution in [-0.4, -0.2) is 19.6 Å². The third-order valence-electron chi connectivity index (χ3n) is 4.12. The van der Waals surface area contributed by atoms with Crippen molar-refractivity contribution in [1.29, 1.82) is 0 Å². The number of rotatable bonds is 8. The van der Waals surface area contributed by atoms with Crippen molar-refractivity contribution in [3.8, 4) is 0 Å². The molecule has 0 aliphatic heterocycles. The van der Waals surface area contributed by atoms with Crippen LogP contribution in [0.3, 0.4) is 0 Å². The van der Waals surface area contributed by atoms with Gasteiger partial charge in [-0.1, -0.05) is 41.4 Å². The standard InChI is InChI=1S/C19H20Cl2N4O4/c1-4-8-23-17(27)24(9-5-2)19(29)25(18(23)28)11-16(26)22-12(3)14-7-6-13(20)10-15(14)21/h4-7,10,12H,1-2,8-9,11H2,3H3,(H,22,26). The lowest BCUT2D eigenvalue weighted by Crippen LogP contribution is -2.55. The predicted octanol–water partition coefficient (Wildman–Crippen LogP) is 1.73. The summed E-state index contributed by atoms with van der Waals surface area (Å²) in [6.07, 6.45) is 2.70. The molecule has 29 heavy (non-hydrogen) atoms. The minimum absolute atomic E-state index is 0.104. The number of aromatic nitrogens is 3. The van der Waals surface area contributed by atoms with Gasteiger partial charge in [-0.25, -0.2) is 28.1 Å². The van der Waals surface area contributed by atoms with Crippen molar-refractivity contribution in [3.63, 3.8) is 0 Å². The lowest BCUT2D eigenvalue weighted by Gasteiger charge is -2.17. The van der Waals surface area contributed by atoms with Crippen LogP contribution in [-0.2, 0) is 24.4 Å². The highest BCUT2D eigenvalue weighted by molar-refractivity contribution is 6.35. The number of hydrogen-bond donors (Lipinski definition) is 1. The molecule has 0 aliphatic rings. The third kappa shape index (κ3) is 4.96. The fourth-order valence-corrected chi connectivity index (χ4v) is 3.32. The molecule has 0 radical (unpaired) electrons. The van der Waals surface area contributed by atoms with Crippen molar-refractivity contribution in [2.45, 2.75) is 32.6 Å². The van der Waals surface area contributed by atoms with Gasteiger partial charge in [-0.2, -0.15) is 0 Å². The average Bonchev–Trinajstić information content (AvgIpc) is 2.65. The molecular formula is C19H20Cl2N4O4. The highest BCUT2D eigenvalue weighted by atomic mass is 35.5. The van der Waals surface area contributed by atoms with Crippen molar-refractivity contribution < 1.29 is 4.79 Å². The molecule has 154 valence electrons. The van der Waals surface area contributed by atoms with Gasteiger partial charge in [0.25, 0.3) is 0 Å². The van der Waals surface area contributed by atoms with Crippen LogP contribution in [0.4, 0.5) is 0 Å². The van der Waals surface area contributed by atoms with Gasteiger partial charge in [-0.15, -0.1) is 13.2 Å². The Hall–Kier alpha value is -2.84. The maximum absolute atomic E-state index is 12.6. The molecule has 2 rings (SSSR count). The van der Waals surface area contributed by atoms with Crippen LogP contribution < -0.4 is 22.4 Å². The van der Waals surface area contributed by atoms with E-state index in [2.05, 4.69) is 18.5 Å². The highest BCUT2D eigenvalue weighted by Crippen LogP contribution is 2.25. The first kappa shape index (κ1) is 22.4. The van der Waals surface area contributed by atoms with Gasteiger partial charge < -0.3 is 5.32 Å². The number of allylic oxidation sites excluding steroid dienone is 2. The molecule has 1 atom stereocenters. The molecule has 1 N–H and O–H groups in total. The second-order valence-corrected chi connectivity index (χ2v) is 7.03. The second-order valence-electron chi connectivity index (χ2n) is 6.19. The zero-order valence-corrected chi connectivity index (χ0v) is 17.2. The summed E-state index contributed by atoms with van der Waals surface area (Å²) in [7, 11) is 0. The van der Waals surface area contributed by atoms with Crippen molar-refractivity contribution in [1.82, 2.24) is 19.0 Å². The Morgan fingerprint density at radius 3 is 2.03 bits per heavy atom. The van der Waals surface area contributed by atoms with E-state index in [1.807, 2.05) is 0 Å². The van der Waals surface area contributed by atoms with Gasteiger partial charge in [0.1, 0.15) is 6.54 Å². The number of hydrogen-bond acceptors (Lipinski definition) is 4. The fraction of sp³-hybridized carbons (Fsp3) is 0.263. The number of carbonyl (C=O) groups excluding carboxylic acids is 1. The summed E-state index contributed by atoms with van der Waals surface area (Å²) in [6.45, 7) is 7.92. The van der Waals surface area contributed by atoms with Crippen molar-refractivity contribution >= 4 is 29.1 Å². The van der Waals surface area contributed by atoms with Crippen molar-refractivity contribution in [2.24, 2.45) is 0 Å². The number of nitrogens with zero attached hydrogens (tertiary/aromatic N) is 3. The molecule has 10 heteroatoms. The topological polar surface area (TPSA) is 95.1 Å². The van der Waals surface area contributed by atoms with Gasteiger partial charge in [0.15, 0.2) is 0 Å². The van der Waals surface area contributed by atoms with Crippen molar-refractivity contribution in [3.05, 3.63) is 90.6 Å². The van der Waals surface area contributed by atoms with E-state index in [1.165, 1.54) is 12.2 Å².